The van der Waals surface area contributed by atoms with Gasteiger partial charge in [-0.25, -0.2) is 0 Å². The molecule has 1 N–H and O–H groups in total. The van der Waals surface area contributed by atoms with Crippen molar-refractivity contribution in [1.82, 2.24) is 5.32 Å². The Bertz CT molecular complexity index is 276. The average molecular weight is 222 g/mol. The van der Waals surface area contributed by atoms with Crippen LogP contribution >= 0.6 is 0 Å². The van der Waals surface area contributed by atoms with E-state index in [4.69, 9.17) is 5.26 Å². The van der Waals surface area contributed by atoms with E-state index in [1.165, 1.54) is 19.3 Å². The number of nitrogens with one attached hydrogen (secondary N) is 1. The van der Waals surface area contributed by atoms with Crippen LogP contribution in [-0.2, 0) is 4.79 Å². The van der Waals surface area contributed by atoms with Crippen molar-refractivity contribution in [3.8, 4) is 6.07 Å². The van der Waals surface area contributed by atoms with E-state index in [0.717, 1.165) is 19.3 Å². The Balaban J connectivity index is 2.16. The molecule has 0 heterocycles. The molecular weight excluding hydrogens is 200 g/mol. The second-order valence-electron chi connectivity index (χ2n) is 5.05. The number of amides is 1. The van der Waals surface area contributed by atoms with Crippen LogP contribution in [0.25, 0.3) is 0 Å². The first-order valence-electron chi connectivity index (χ1n) is 6.34. The van der Waals surface area contributed by atoms with E-state index < -0.39 is 5.54 Å². The fourth-order valence-corrected chi connectivity index (χ4v) is 1.87. The van der Waals surface area contributed by atoms with E-state index in [0.29, 0.717) is 12.3 Å². The Hall–Kier alpha value is -1.04. The highest BCUT2D eigenvalue weighted by Crippen LogP contribution is 2.34. The van der Waals surface area contributed by atoms with Crippen LogP contribution in [0.1, 0.15) is 58.8 Å². The van der Waals surface area contributed by atoms with Crippen molar-refractivity contribution >= 4 is 5.91 Å². The van der Waals surface area contributed by atoms with Crippen molar-refractivity contribution in [3.63, 3.8) is 0 Å². The van der Waals surface area contributed by atoms with Crippen LogP contribution in [-0.4, -0.2) is 11.4 Å². The highest BCUT2D eigenvalue weighted by molar-refractivity contribution is 5.78. The number of unbranched alkanes of at least 4 members (excludes halogenated alkanes) is 2. The number of nitriles is 1. The molecule has 1 amide bonds. The normalized spacial score (nSPS) is 18.6. The fraction of sp³-hybridized carbons (Fsp3) is 0.846. The zero-order chi connectivity index (χ0) is 12.0. The van der Waals surface area contributed by atoms with Gasteiger partial charge in [-0.05, 0) is 18.8 Å². The lowest BCUT2D eigenvalue weighted by Gasteiger charge is -2.13. The van der Waals surface area contributed by atoms with Gasteiger partial charge in [0.2, 0.25) is 5.91 Å². The Morgan fingerprint density at radius 3 is 2.69 bits per heavy atom. The lowest BCUT2D eigenvalue weighted by Crippen LogP contribution is -2.36. The minimum Gasteiger partial charge on any atom is -0.338 e. The molecule has 0 aromatic rings. The summed E-state index contributed by atoms with van der Waals surface area (Å²) in [5.41, 5.74) is -0.500. The molecule has 90 valence electrons. The Morgan fingerprint density at radius 1 is 1.50 bits per heavy atom. The van der Waals surface area contributed by atoms with Crippen molar-refractivity contribution in [1.29, 1.82) is 5.26 Å². The van der Waals surface area contributed by atoms with Crippen LogP contribution in [0.5, 0.6) is 0 Å². The van der Waals surface area contributed by atoms with Gasteiger partial charge in [0, 0.05) is 6.42 Å². The van der Waals surface area contributed by atoms with Crippen molar-refractivity contribution in [2.75, 3.05) is 0 Å². The Kier molecular flexibility index (Phi) is 4.79. The SMILES string of the molecule is CCCCCC(C)CC(=O)NC1(C#N)CC1. The molecule has 1 aliphatic rings. The quantitative estimate of drug-likeness (QED) is 0.673. The number of hydrogen-bond acceptors (Lipinski definition) is 2. The molecule has 0 aromatic carbocycles. The van der Waals surface area contributed by atoms with E-state index in [9.17, 15) is 4.79 Å². The first-order chi connectivity index (χ1) is 7.62. The topological polar surface area (TPSA) is 52.9 Å². The van der Waals surface area contributed by atoms with Crippen LogP contribution in [0, 0.1) is 17.2 Å². The van der Waals surface area contributed by atoms with Crippen LogP contribution in [0.15, 0.2) is 0 Å². The Labute approximate surface area is 98.2 Å². The van der Waals surface area contributed by atoms with Crippen LogP contribution in [0.3, 0.4) is 0 Å². The summed E-state index contributed by atoms with van der Waals surface area (Å²) in [5.74, 6) is 0.476. The minimum atomic E-state index is -0.500. The molecule has 1 fully saturated rings. The summed E-state index contributed by atoms with van der Waals surface area (Å²) in [6, 6.07) is 2.18. The van der Waals surface area contributed by atoms with Crippen LogP contribution < -0.4 is 5.32 Å². The zero-order valence-electron chi connectivity index (χ0n) is 10.4. The van der Waals surface area contributed by atoms with Gasteiger partial charge in [0.1, 0.15) is 5.54 Å². The van der Waals surface area contributed by atoms with Crippen molar-refractivity contribution in [2.24, 2.45) is 5.92 Å². The molecule has 0 bridgehead atoms. The number of carbonyl (C=O) groups excluding carboxylic acids is 1. The van der Waals surface area contributed by atoms with Gasteiger partial charge in [0.25, 0.3) is 0 Å². The molecule has 1 saturated carbocycles. The lowest BCUT2D eigenvalue weighted by molar-refractivity contribution is -0.122. The third-order valence-corrected chi connectivity index (χ3v) is 3.18. The third-order valence-electron chi connectivity index (χ3n) is 3.18. The second-order valence-corrected chi connectivity index (χ2v) is 5.05. The van der Waals surface area contributed by atoms with Crippen LogP contribution in [0.4, 0.5) is 0 Å². The molecule has 16 heavy (non-hydrogen) atoms. The molecule has 1 atom stereocenters. The van der Waals surface area contributed by atoms with E-state index in [1.54, 1.807) is 0 Å². The molecule has 1 rings (SSSR count). The molecule has 3 heteroatoms. The summed E-state index contributed by atoms with van der Waals surface area (Å²) >= 11 is 0. The molecule has 0 aromatic heterocycles. The number of carbonyl (C=O) groups is 1. The van der Waals surface area contributed by atoms with Gasteiger partial charge in [-0.3, -0.25) is 4.79 Å². The van der Waals surface area contributed by atoms with Gasteiger partial charge < -0.3 is 5.32 Å². The summed E-state index contributed by atoms with van der Waals surface area (Å²) in [7, 11) is 0. The molecule has 1 unspecified atom stereocenters. The molecule has 3 nitrogen and oxygen atoms in total. The van der Waals surface area contributed by atoms with Gasteiger partial charge >= 0.3 is 0 Å². The van der Waals surface area contributed by atoms with Gasteiger partial charge in [-0.2, -0.15) is 5.26 Å². The molecule has 0 saturated heterocycles. The summed E-state index contributed by atoms with van der Waals surface area (Å²) in [4.78, 5) is 11.6. The van der Waals surface area contributed by atoms with E-state index in [2.05, 4.69) is 25.2 Å². The third kappa shape index (κ3) is 4.22. The maximum Gasteiger partial charge on any atom is 0.221 e. The van der Waals surface area contributed by atoms with Gasteiger partial charge in [0.15, 0.2) is 0 Å². The molecular formula is C13H22N2O. The summed E-state index contributed by atoms with van der Waals surface area (Å²) in [6.07, 6.45) is 6.98. The lowest BCUT2D eigenvalue weighted by atomic mass is 9.99. The maximum atomic E-state index is 11.6. The first kappa shape index (κ1) is 13.0. The van der Waals surface area contributed by atoms with Gasteiger partial charge in [-0.1, -0.05) is 39.5 Å². The molecule has 1 aliphatic carbocycles. The summed E-state index contributed by atoms with van der Waals surface area (Å²) in [5, 5.41) is 11.7. The fourth-order valence-electron chi connectivity index (χ4n) is 1.87. The highest BCUT2D eigenvalue weighted by Gasteiger charge is 2.44. The van der Waals surface area contributed by atoms with E-state index in [1.807, 2.05) is 0 Å². The van der Waals surface area contributed by atoms with Crippen molar-refractivity contribution in [3.05, 3.63) is 0 Å². The molecule has 0 aliphatic heterocycles. The summed E-state index contributed by atoms with van der Waals surface area (Å²) in [6.45, 7) is 4.29. The largest absolute Gasteiger partial charge is 0.338 e. The number of hydrogen-bond donors (Lipinski definition) is 1. The van der Waals surface area contributed by atoms with Crippen molar-refractivity contribution in [2.45, 2.75) is 64.3 Å². The van der Waals surface area contributed by atoms with E-state index in [-0.39, 0.29) is 5.91 Å². The predicted octanol–water partition coefficient (Wildman–Crippen LogP) is 2.77. The predicted molar refractivity (Wildman–Crippen MR) is 63.6 cm³/mol. The summed E-state index contributed by atoms with van der Waals surface area (Å²) < 4.78 is 0. The first-order valence-corrected chi connectivity index (χ1v) is 6.34. The standard InChI is InChI=1S/C13H22N2O/c1-3-4-5-6-11(2)9-12(16)15-13(10-14)7-8-13/h11H,3-9H2,1-2H3,(H,15,16). The highest BCUT2D eigenvalue weighted by atomic mass is 16.1. The van der Waals surface area contributed by atoms with Gasteiger partial charge in [0.05, 0.1) is 6.07 Å². The minimum absolute atomic E-state index is 0.0445. The molecule has 0 spiro atoms. The van der Waals surface area contributed by atoms with Gasteiger partial charge in [-0.15, -0.1) is 0 Å². The zero-order valence-corrected chi connectivity index (χ0v) is 10.4. The number of rotatable bonds is 7. The smallest absolute Gasteiger partial charge is 0.221 e. The molecule has 0 radical (unpaired) electrons. The number of nitrogens with zero attached hydrogens (tertiary/aromatic N) is 1. The monoisotopic (exact) mass is 222 g/mol. The van der Waals surface area contributed by atoms with E-state index >= 15 is 0 Å². The van der Waals surface area contributed by atoms with Crippen molar-refractivity contribution < 1.29 is 4.79 Å². The Morgan fingerprint density at radius 2 is 2.19 bits per heavy atom. The maximum absolute atomic E-state index is 11.6. The second kappa shape index (κ2) is 5.89. The average Bonchev–Trinajstić information content (AvgIpc) is 2.98. The van der Waals surface area contributed by atoms with Crippen LogP contribution in [0.2, 0.25) is 0 Å².